The molecule has 3 rings (SSSR count). The smallest absolute Gasteiger partial charge is 0.270 e. The van der Waals surface area contributed by atoms with Crippen LogP contribution in [-0.4, -0.2) is 20.9 Å². The molecule has 1 saturated carbocycles. The molecule has 1 heterocycles. The van der Waals surface area contributed by atoms with Gasteiger partial charge in [-0.15, -0.1) is 0 Å². The Morgan fingerprint density at radius 2 is 2.20 bits per heavy atom. The largest absolute Gasteiger partial charge is 0.351 e. The molecule has 1 aliphatic carbocycles. The van der Waals surface area contributed by atoms with Crippen molar-refractivity contribution >= 4 is 11.6 Å². The van der Waals surface area contributed by atoms with Gasteiger partial charge in [0.25, 0.3) is 5.69 Å². The number of anilines is 1. The molecule has 6 heteroatoms. The summed E-state index contributed by atoms with van der Waals surface area (Å²) >= 11 is 0. The van der Waals surface area contributed by atoms with Crippen LogP contribution >= 0.6 is 0 Å². The maximum absolute atomic E-state index is 10.9. The van der Waals surface area contributed by atoms with Crippen LogP contribution in [0.1, 0.15) is 18.4 Å². The summed E-state index contributed by atoms with van der Waals surface area (Å²) in [6.45, 7) is 1.90. The summed E-state index contributed by atoms with van der Waals surface area (Å²) in [5.74, 6) is 0.583. The standard InChI is InChI=1S/C14H14N4O2/c1-9-8-15-14(16-11-5-6-11)17-13(9)10-3-2-4-12(7-10)18(19)20/h2-4,7-8,11H,5-6H2,1H3,(H,15,16,17). The van der Waals surface area contributed by atoms with E-state index in [0.717, 1.165) is 29.7 Å². The lowest BCUT2D eigenvalue weighted by atomic mass is 10.1. The van der Waals surface area contributed by atoms with Gasteiger partial charge in [0, 0.05) is 29.9 Å². The molecule has 0 aliphatic heterocycles. The van der Waals surface area contributed by atoms with Gasteiger partial charge in [0.1, 0.15) is 0 Å². The van der Waals surface area contributed by atoms with E-state index < -0.39 is 4.92 Å². The van der Waals surface area contributed by atoms with Gasteiger partial charge in [-0.1, -0.05) is 12.1 Å². The summed E-state index contributed by atoms with van der Waals surface area (Å²) < 4.78 is 0. The first kappa shape index (κ1) is 12.5. The number of rotatable bonds is 4. The molecule has 1 N–H and O–H groups in total. The molecule has 0 spiro atoms. The lowest BCUT2D eigenvalue weighted by Crippen LogP contribution is -2.06. The van der Waals surface area contributed by atoms with E-state index in [-0.39, 0.29) is 5.69 Å². The Balaban J connectivity index is 1.99. The molecule has 6 nitrogen and oxygen atoms in total. The molecule has 0 atom stereocenters. The van der Waals surface area contributed by atoms with Crippen molar-refractivity contribution in [2.24, 2.45) is 0 Å². The van der Waals surface area contributed by atoms with E-state index in [2.05, 4.69) is 15.3 Å². The Morgan fingerprint density at radius 3 is 2.90 bits per heavy atom. The number of aryl methyl sites for hydroxylation is 1. The molecule has 0 amide bonds. The summed E-state index contributed by atoms with van der Waals surface area (Å²) in [4.78, 5) is 19.2. The minimum absolute atomic E-state index is 0.0669. The van der Waals surface area contributed by atoms with Crippen molar-refractivity contribution in [2.75, 3.05) is 5.32 Å². The average Bonchev–Trinajstić information content (AvgIpc) is 3.25. The first-order valence-electron chi connectivity index (χ1n) is 6.48. The normalized spacial score (nSPS) is 14.1. The van der Waals surface area contributed by atoms with Gasteiger partial charge in [-0.25, -0.2) is 9.97 Å². The van der Waals surface area contributed by atoms with Crippen molar-refractivity contribution in [3.63, 3.8) is 0 Å². The molecule has 2 aromatic rings. The topological polar surface area (TPSA) is 81.0 Å². The van der Waals surface area contributed by atoms with Crippen LogP contribution in [0.5, 0.6) is 0 Å². The Bertz CT molecular complexity index is 668. The van der Waals surface area contributed by atoms with Gasteiger partial charge < -0.3 is 5.32 Å². The Labute approximate surface area is 116 Å². The molecule has 20 heavy (non-hydrogen) atoms. The number of aromatic nitrogens is 2. The second-order valence-electron chi connectivity index (χ2n) is 4.95. The molecule has 0 saturated heterocycles. The summed E-state index contributed by atoms with van der Waals surface area (Å²) in [5.41, 5.74) is 2.42. The zero-order valence-corrected chi connectivity index (χ0v) is 11.0. The Kier molecular flexibility index (Phi) is 3.06. The zero-order valence-electron chi connectivity index (χ0n) is 11.0. The molecule has 102 valence electrons. The number of nitrogens with one attached hydrogen (secondary N) is 1. The van der Waals surface area contributed by atoms with E-state index in [4.69, 9.17) is 0 Å². The van der Waals surface area contributed by atoms with E-state index in [9.17, 15) is 10.1 Å². The van der Waals surface area contributed by atoms with E-state index >= 15 is 0 Å². The van der Waals surface area contributed by atoms with Crippen LogP contribution in [0, 0.1) is 17.0 Å². The summed E-state index contributed by atoms with van der Waals surface area (Å²) in [6.07, 6.45) is 4.03. The van der Waals surface area contributed by atoms with Crippen LogP contribution in [0.15, 0.2) is 30.5 Å². The van der Waals surface area contributed by atoms with Gasteiger partial charge >= 0.3 is 0 Å². The number of benzene rings is 1. The van der Waals surface area contributed by atoms with Gasteiger partial charge in [0.05, 0.1) is 10.6 Å². The van der Waals surface area contributed by atoms with E-state index in [1.54, 1.807) is 12.3 Å². The summed E-state index contributed by atoms with van der Waals surface area (Å²) in [7, 11) is 0. The van der Waals surface area contributed by atoms with Crippen LogP contribution in [0.3, 0.4) is 0 Å². The minimum Gasteiger partial charge on any atom is -0.351 e. The van der Waals surface area contributed by atoms with Crippen molar-refractivity contribution in [3.8, 4) is 11.3 Å². The van der Waals surface area contributed by atoms with Gasteiger partial charge in [0.15, 0.2) is 0 Å². The van der Waals surface area contributed by atoms with Crippen LogP contribution < -0.4 is 5.32 Å². The van der Waals surface area contributed by atoms with Gasteiger partial charge in [-0.3, -0.25) is 10.1 Å². The fraction of sp³-hybridized carbons (Fsp3) is 0.286. The maximum atomic E-state index is 10.9. The molecule has 0 radical (unpaired) electrons. The first-order chi connectivity index (χ1) is 9.63. The lowest BCUT2D eigenvalue weighted by molar-refractivity contribution is -0.384. The zero-order chi connectivity index (χ0) is 14.1. The second-order valence-corrected chi connectivity index (χ2v) is 4.95. The summed E-state index contributed by atoms with van der Waals surface area (Å²) in [5, 5.41) is 14.1. The molecule has 1 aliphatic rings. The highest BCUT2D eigenvalue weighted by molar-refractivity contribution is 5.66. The van der Waals surface area contributed by atoms with Crippen LogP contribution in [0.4, 0.5) is 11.6 Å². The summed E-state index contributed by atoms with van der Waals surface area (Å²) in [6, 6.07) is 6.97. The SMILES string of the molecule is Cc1cnc(NC2CC2)nc1-c1cccc([N+](=O)[O-])c1. The van der Waals surface area contributed by atoms with Crippen LogP contribution in [-0.2, 0) is 0 Å². The third kappa shape index (κ3) is 2.59. The van der Waals surface area contributed by atoms with Crippen molar-refractivity contribution in [1.29, 1.82) is 0 Å². The van der Waals surface area contributed by atoms with E-state index in [1.807, 2.05) is 13.0 Å². The average molecular weight is 270 g/mol. The molecular formula is C14H14N4O2. The number of nitro benzene ring substituents is 1. The molecular weight excluding hydrogens is 256 g/mol. The predicted octanol–water partition coefficient (Wildman–Crippen LogP) is 2.93. The molecule has 1 aromatic heterocycles. The highest BCUT2D eigenvalue weighted by atomic mass is 16.6. The van der Waals surface area contributed by atoms with Crippen molar-refractivity contribution < 1.29 is 4.92 Å². The monoisotopic (exact) mass is 270 g/mol. The van der Waals surface area contributed by atoms with E-state index in [0.29, 0.717) is 12.0 Å². The highest BCUT2D eigenvalue weighted by Gasteiger charge is 2.22. The van der Waals surface area contributed by atoms with Gasteiger partial charge in [0.2, 0.25) is 5.95 Å². The molecule has 0 bridgehead atoms. The highest BCUT2D eigenvalue weighted by Crippen LogP contribution is 2.27. The van der Waals surface area contributed by atoms with Crippen LogP contribution in [0.2, 0.25) is 0 Å². The molecule has 1 aromatic carbocycles. The quantitative estimate of drug-likeness (QED) is 0.682. The lowest BCUT2D eigenvalue weighted by Gasteiger charge is -2.08. The number of hydrogen-bond donors (Lipinski definition) is 1. The van der Waals surface area contributed by atoms with Crippen molar-refractivity contribution in [2.45, 2.75) is 25.8 Å². The predicted molar refractivity (Wildman–Crippen MR) is 75.5 cm³/mol. The minimum atomic E-state index is -0.399. The van der Waals surface area contributed by atoms with Crippen LogP contribution in [0.25, 0.3) is 11.3 Å². The fourth-order valence-corrected chi connectivity index (χ4v) is 1.98. The first-order valence-corrected chi connectivity index (χ1v) is 6.48. The number of hydrogen-bond acceptors (Lipinski definition) is 5. The van der Waals surface area contributed by atoms with Gasteiger partial charge in [-0.05, 0) is 25.3 Å². The second kappa shape index (κ2) is 4.88. The third-order valence-corrected chi connectivity index (χ3v) is 3.21. The Hall–Kier alpha value is -2.50. The van der Waals surface area contributed by atoms with E-state index in [1.165, 1.54) is 12.1 Å². The van der Waals surface area contributed by atoms with Crippen molar-refractivity contribution in [3.05, 3.63) is 46.1 Å². The van der Waals surface area contributed by atoms with Gasteiger partial charge in [-0.2, -0.15) is 0 Å². The van der Waals surface area contributed by atoms with Crippen molar-refractivity contribution in [1.82, 2.24) is 9.97 Å². The molecule has 0 unspecified atom stereocenters. The number of nitrogens with zero attached hydrogens (tertiary/aromatic N) is 3. The maximum Gasteiger partial charge on any atom is 0.270 e. The third-order valence-electron chi connectivity index (χ3n) is 3.21. The fourth-order valence-electron chi connectivity index (χ4n) is 1.98. The number of non-ortho nitro benzene ring substituents is 1. The number of nitro groups is 1. The Morgan fingerprint density at radius 1 is 1.40 bits per heavy atom. The molecule has 1 fully saturated rings.